The van der Waals surface area contributed by atoms with E-state index in [2.05, 4.69) is 5.32 Å². The van der Waals surface area contributed by atoms with Gasteiger partial charge in [-0.1, -0.05) is 12.1 Å². The lowest BCUT2D eigenvalue weighted by Crippen LogP contribution is -2.41. The zero-order valence-corrected chi connectivity index (χ0v) is 19.4. The molecule has 4 rings (SSSR count). The first-order chi connectivity index (χ1) is 16.5. The van der Waals surface area contributed by atoms with Crippen molar-refractivity contribution < 1.29 is 23.7 Å². The van der Waals surface area contributed by atoms with Crippen molar-refractivity contribution in [3.05, 3.63) is 98.6 Å². The minimum atomic E-state index is -1.45. The number of nitrogens with one attached hydrogen (secondary N) is 1. The van der Waals surface area contributed by atoms with Crippen molar-refractivity contribution in [3.8, 4) is 0 Å². The van der Waals surface area contributed by atoms with E-state index in [1.165, 1.54) is 43.3 Å². The summed E-state index contributed by atoms with van der Waals surface area (Å²) in [7, 11) is 0. The highest BCUT2D eigenvalue weighted by molar-refractivity contribution is 6.11. The van der Waals surface area contributed by atoms with Gasteiger partial charge >= 0.3 is 6.03 Å². The highest BCUT2D eigenvalue weighted by Crippen LogP contribution is 2.30. The van der Waals surface area contributed by atoms with Crippen LogP contribution in [0, 0.1) is 29.8 Å². The van der Waals surface area contributed by atoms with E-state index in [4.69, 9.17) is 0 Å². The molecule has 35 heavy (non-hydrogen) atoms. The highest BCUT2D eigenvalue weighted by atomic mass is 19.1. The van der Waals surface area contributed by atoms with Crippen LogP contribution >= 0.6 is 0 Å². The van der Waals surface area contributed by atoms with Gasteiger partial charge in [-0.2, -0.15) is 0 Å². The van der Waals surface area contributed by atoms with Gasteiger partial charge in [0, 0.05) is 35.6 Å². The largest absolute Gasteiger partial charge is 0.344 e. The minimum Gasteiger partial charge on any atom is -0.344 e. The van der Waals surface area contributed by atoms with Crippen molar-refractivity contribution >= 4 is 23.4 Å². The SMILES string of the molecule is Cc1cc(C(=O)CN2C(=O)NC(C)(c3ccc([N+](=O)[O-])cc3)C2=O)c(C)n1Cc1ccc(F)cc1. The monoisotopic (exact) mass is 478 g/mol. The molecule has 0 aliphatic carbocycles. The molecule has 1 fully saturated rings. The van der Waals surface area contributed by atoms with Crippen molar-refractivity contribution in [3.63, 3.8) is 0 Å². The van der Waals surface area contributed by atoms with Crippen LogP contribution in [0.3, 0.4) is 0 Å². The van der Waals surface area contributed by atoms with E-state index in [-0.39, 0.29) is 11.5 Å². The molecular weight excluding hydrogens is 455 g/mol. The molecule has 3 amide bonds. The van der Waals surface area contributed by atoms with Crippen LogP contribution in [0.2, 0.25) is 0 Å². The van der Waals surface area contributed by atoms with Crippen molar-refractivity contribution in [1.82, 2.24) is 14.8 Å². The number of hydrogen-bond acceptors (Lipinski definition) is 5. The maximum Gasteiger partial charge on any atom is 0.325 e. The Morgan fingerprint density at radius 3 is 2.31 bits per heavy atom. The average Bonchev–Trinajstić information content (AvgIpc) is 3.23. The summed E-state index contributed by atoms with van der Waals surface area (Å²) in [6.45, 7) is 5.09. The number of benzene rings is 2. The van der Waals surface area contributed by atoms with E-state index < -0.39 is 34.7 Å². The van der Waals surface area contributed by atoms with E-state index >= 15 is 0 Å². The Balaban J connectivity index is 1.54. The fraction of sp³-hybridized carbons (Fsp3) is 0.240. The van der Waals surface area contributed by atoms with Crippen molar-refractivity contribution in [1.29, 1.82) is 0 Å². The maximum absolute atomic E-state index is 13.2. The number of aromatic nitrogens is 1. The summed E-state index contributed by atoms with van der Waals surface area (Å²) in [6, 6.07) is 12.4. The molecule has 1 unspecified atom stereocenters. The van der Waals surface area contributed by atoms with E-state index in [9.17, 15) is 28.9 Å². The molecule has 2 heterocycles. The Labute approximate surface area is 200 Å². The number of imide groups is 1. The van der Waals surface area contributed by atoms with Crippen LogP contribution in [0.4, 0.5) is 14.9 Å². The molecule has 1 aliphatic rings. The standard InChI is InChI=1S/C25H23FN4O5/c1-15-12-21(16(2)28(15)13-17-4-8-19(26)9-5-17)22(31)14-29-23(32)25(3,27-24(29)33)18-6-10-20(11-7-18)30(34)35/h4-12H,13-14H2,1-3H3,(H,27,33). The second-order valence-corrected chi connectivity index (χ2v) is 8.67. The number of carbonyl (C=O) groups excluding carboxylic acids is 3. The molecule has 3 aromatic rings. The van der Waals surface area contributed by atoms with Gasteiger partial charge in [-0.05, 0) is 62.2 Å². The Hall–Kier alpha value is -4.34. The fourth-order valence-corrected chi connectivity index (χ4v) is 4.28. The first-order valence-corrected chi connectivity index (χ1v) is 10.8. The van der Waals surface area contributed by atoms with Crippen LogP contribution in [0.25, 0.3) is 0 Å². The number of halogens is 1. The smallest absolute Gasteiger partial charge is 0.325 e. The van der Waals surface area contributed by atoms with E-state index in [1.54, 1.807) is 25.1 Å². The number of non-ortho nitro benzene ring substituents is 1. The third-order valence-electron chi connectivity index (χ3n) is 6.36. The van der Waals surface area contributed by atoms with Crippen molar-refractivity contribution in [2.75, 3.05) is 6.54 Å². The number of ketones is 1. The topological polar surface area (TPSA) is 115 Å². The van der Waals surface area contributed by atoms with Crippen molar-refractivity contribution in [2.45, 2.75) is 32.9 Å². The molecule has 0 radical (unpaired) electrons. The molecule has 0 saturated carbocycles. The Kier molecular flexibility index (Phi) is 5.98. The van der Waals surface area contributed by atoms with Crippen LogP contribution in [0.1, 0.15) is 39.8 Å². The average molecular weight is 478 g/mol. The van der Waals surface area contributed by atoms with E-state index in [1.807, 2.05) is 11.5 Å². The second kappa shape index (κ2) is 8.79. The van der Waals surface area contributed by atoms with Gasteiger partial charge in [0.1, 0.15) is 11.4 Å². The molecule has 2 aromatic carbocycles. The number of amides is 3. The number of nitro benzene ring substituents is 1. The first kappa shape index (κ1) is 23.8. The van der Waals surface area contributed by atoms with Gasteiger partial charge in [0.15, 0.2) is 5.78 Å². The summed E-state index contributed by atoms with van der Waals surface area (Å²) in [5, 5.41) is 13.5. The summed E-state index contributed by atoms with van der Waals surface area (Å²) < 4.78 is 15.1. The molecule has 0 spiro atoms. The van der Waals surface area contributed by atoms with Gasteiger partial charge < -0.3 is 9.88 Å². The Morgan fingerprint density at radius 1 is 1.09 bits per heavy atom. The fourth-order valence-electron chi connectivity index (χ4n) is 4.28. The molecule has 0 bridgehead atoms. The first-order valence-electron chi connectivity index (χ1n) is 10.8. The number of rotatable bonds is 7. The van der Waals surface area contributed by atoms with Crippen LogP contribution in [-0.4, -0.2) is 38.7 Å². The summed E-state index contributed by atoms with van der Waals surface area (Å²) in [5.41, 5.74) is 1.50. The lowest BCUT2D eigenvalue weighted by molar-refractivity contribution is -0.384. The molecule has 1 aliphatic heterocycles. The normalized spacial score (nSPS) is 17.5. The van der Waals surface area contributed by atoms with Gasteiger partial charge in [0.25, 0.3) is 11.6 Å². The number of nitro groups is 1. The summed E-state index contributed by atoms with van der Waals surface area (Å²) in [5.74, 6) is -1.36. The zero-order chi connectivity index (χ0) is 25.5. The van der Waals surface area contributed by atoms with Crippen LogP contribution in [0.5, 0.6) is 0 Å². The summed E-state index contributed by atoms with van der Waals surface area (Å²) in [6.07, 6.45) is 0. The van der Waals surface area contributed by atoms with Gasteiger partial charge in [0.05, 0.1) is 11.5 Å². The maximum atomic E-state index is 13.2. The van der Waals surface area contributed by atoms with Crippen LogP contribution < -0.4 is 5.32 Å². The van der Waals surface area contributed by atoms with E-state index in [0.29, 0.717) is 23.4 Å². The summed E-state index contributed by atoms with van der Waals surface area (Å²) in [4.78, 5) is 50.2. The van der Waals surface area contributed by atoms with Gasteiger partial charge in [-0.3, -0.25) is 24.6 Å². The molecule has 1 aromatic heterocycles. The van der Waals surface area contributed by atoms with E-state index in [0.717, 1.165) is 16.2 Å². The molecular formula is C25H23FN4O5. The highest BCUT2D eigenvalue weighted by Gasteiger charge is 2.49. The number of carbonyl (C=O) groups is 3. The summed E-state index contributed by atoms with van der Waals surface area (Å²) >= 11 is 0. The molecule has 9 nitrogen and oxygen atoms in total. The lowest BCUT2D eigenvalue weighted by Gasteiger charge is -2.22. The number of Topliss-reactive ketones (excluding diaryl/α,β-unsaturated/α-hetero) is 1. The third kappa shape index (κ3) is 4.30. The predicted octanol–water partition coefficient (Wildman–Crippen LogP) is 3.85. The number of aryl methyl sites for hydroxylation is 1. The molecule has 180 valence electrons. The van der Waals surface area contributed by atoms with Crippen molar-refractivity contribution in [2.24, 2.45) is 0 Å². The Bertz CT molecular complexity index is 1350. The zero-order valence-electron chi connectivity index (χ0n) is 19.4. The van der Waals surface area contributed by atoms with Gasteiger partial charge in [-0.25, -0.2) is 9.18 Å². The predicted molar refractivity (Wildman–Crippen MR) is 124 cm³/mol. The number of nitrogens with zero attached hydrogens (tertiary/aromatic N) is 3. The quantitative estimate of drug-likeness (QED) is 0.240. The third-order valence-corrected chi connectivity index (χ3v) is 6.36. The van der Waals surface area contributed by atoms with Gasteiger partial charge in [-0.15, -0.1) is 0 Å². The second-order valence-electron chi connectivity index (χ2n) is 8.67. The molecule has 1 N–H and O–H groups in total. The lowest BCUT2D eigenvalue weighted by atomic mass is 9.92. The Morgan fingerprint density at radius 2 is 1.71 bits per heavy atom. The number of urea groups is 1. The van der Waals surface area contributed by atoms with Crippen LogP contribution in [-0.2, 0) is 16.9 Å². The van der Waals surface area contributed by atoms with Crippen LogP contribution in [0.15, 0.2) is 54.6 Å². The molecule has 10 heteroatoms. The minimum absolute atomic E-state index is 0.142. The number of hydrogen-bond donors (Lipinski definition) is 1. The molecule has 1 saturated heterocycles. The van der Waals surface area contributed by atoms with Gasteiger partial charge in [0.2, 0.25) is 0 Å². The molecule has 1 atom stereocenters.